The lowest BCUT2D eigenvalue weighted by Gasteiger charge is -2.04. The summed E-state index contributed by atoms with van der Waals surface area (Å²) < 4.78 is 15.6. The summed E-state index contributed by atoms with van der Waals surface area (Å²) in [5.74, 6) is 0.921. The molecule has 0 saturated heterocycles. The molecule has 0 aliphatic heterocycles. The van der Waals surface area contributed by atoms with Crippen LogP contribution in [0, 0.1) is 13.8 Å². The Labute approximate surface area is 145 Å². The molecule has 2 aromatic carbocycles. The smallest absolute Gasteiger partial charge is 0.338 e. The van der Waals surface area contributed by atoms with Gasteiger partial charge in [-0.1, -0.05) is 34.5 Å². The summed E-state index contributed by atoms with van der Waals surface area (Å²) in [6.45, 7) is 3.78. The molecule has 0 saturated carbocycles. The zero-order valence-corrected chi connectivity index (χ0v) is 14.3. The monoisotopic (exact) mass is 338 g/mol. The number of esters is 1. The lowest BCUT2D eigenvalue weighted by atomic mass is 10.1. The first-order chi connectivity index (χ1) is 12.0. The molecule has 0 amide bonds. The maximum atomic E-state index is 12.2. The van der Waals surface area contributed by atoms with Crippen molar-refractivity contribution in [3.63, 3.8) is 0 Å². The Morgan fingerprint density at radius 3 is 2.60 bits per heavy atom. The number of hydrogen-bond acceptors (Lipinski definition) is 6. The van der Waals surface area contributed by atoms with E-state index in [1.807, 2.05) is 38.1 Å². The topological polar surface area (TPSA) is 74.5 Å². The number of carbonyl (C=O) groups is 1. The zero-order valence-electron chi connectivity index (χ0n) is 14.3. The van der Waals surface area contributed by atoms with Gasteiger partial charge < -0.3 is 14.0 Å². The van der Waals surface area contributed by atoms with Gasteiger partial charge in [0.25, 0.3) is 5.89 Å². The van der Waals surface area contributed by atoms with Gasteiger partial charge in [-0.15, -0.1) is 0 Å². The highest BCUT2D eigenvalue weighted by molar-refractivity contribution is 5.89. The van der Waals surface area contributed by atoms with Crippen LogP contribution in [0.2, 0.25) is 0 Å². The second-order valence-corrected chi connectivity index (χ2v) is 5.70. The van der Waals surface area contributed by atoms with Crippen molar-refractivity contribution in [2.75, 3.05) is 7.11 Å². The minimum absolute atomic E-state index is 0.0806. The number of hydrogen-bond donors (Lipinski definition) is 0. The van der Waals surface area contributed by atoms with Crippen molar-refractivity contribution in [2.45, 2.75) is 20.5 Å². The molecule has 0 fully saturated rings. The van der Waals surface area contributed by atoms with Crippen LogP contribution in [0.15, 0.2) is 47.0 Å². The molecule has 0 N–H and O–H groups in total. The number of aryl methyl sites for hydroxylation is 2. The Bertz CT molecular complexity index is 882. The minimum atomic E-state index is -0.423. The van der Waals surface area contributed by atoms with Gasteiger partial charge in [0, 0.05) is 5.56 Å². The molecule has 0 aliphatic rings. The Morgan fingerprint density at radius 1 is 1.12 bits per heavy atom. The number of nitrogens with zero attached hydrogens (tertiary/aromatic N) is 2. The lowest BCUT2D eigenvalue weighted by Crippen LogP contribution is -2.06. The van der Waals surface area contributed by atoms with Gasteiger partial charge in [0.15, 0.2) is 6.61 Å². The normalized spacial score (nSPS) is 10.5. The van der Waals surface area contributed by atoms with Crippen LogP contribution in [0.3, 0.4) is 0 Å². The molecule has 0 atom stereocenters. The van der Waals surface area contributed by atoms with Crippen LogP contribution in [0.1, 0.15) is 27.4 Å². The molecule has 3 aromatic rings. The second-order valence-electron chi connectivity index (χ2n) is 5.70. The van der Waals surface area contributed by atoms with E-state index < -0.39 is 5.97 Å². The summed E-state index contributed by atoms with van der Waals surface area (Å²) in [5, 5.41) is 3.91. The summed E-state index contributed by atoms with van der Waals surface area (Å²) in [4.78, 5) is 16.4. The molecule has 1 heterocycles. The van der Waals surface area contributed by atoms with Gasteiger partial charge >= 0.3 is 5.97 Å². The summed E-state index contributed by atoms with van der Waals surface area (Å²) in [7, 11) is 1.59. The number of rotatable bonds is 5. The highest BCUT2D eigenvalue weighted by Crippen LogP contribution is 2.21. The summed E-state index contributed by atoms with van der Waals surface area (Å²) in [6.07, 6.45) is 0. The van der Waals surface area contributed by atoms with Crippen molar-refractivity contribution in [1.82, 2.24) is 10.1 Å². The molecular formula is C19H18N2O4. The molecule has 25 heavy (non-hydrogen) atoms. The third-order valence-electron chi connectivity index (χ3n) is 3.58. The van der Waals surface area contributed by atoms with Crippen molar-refractivity contribution in [2.24, 2.45) is 0 Å². The van der Waals surface area contributed by atoms with Crippen molar-refractivity contribution in [1.29, 1.82) is 0 Å². The lowest BCUT2D eigenvalue weighted by molar-refractivity contribution is 0.0429. The van der Waals surface area contributed by atoms with E-state index in [0.717, 1.165) is 16.7 Å². The fourth-order valence-corrected chi connectivity index (χ4v) is 2.50. The van der Waals surface area contributed by atoms with E-state index in [0.29, 0.717) is 17.1 Å². The van der Waals surface area contributed by atoms with Crippen LogP contribution in [0.5, 0.6) is 5.75 Å². The molecule has 0 unspecified atom stereocenters. The average Bonchev–Trinajstić information content (AvgIpc) is 3.08. The zero-order chi connectivity index (χ0) is 17.8. The van der Waals surface area contributed by atoms with Crippen molar-refractivity contribution in [3.8, 4) is 17.1 Å². The number of benzene rings is 2. The van der Waals surface area contributed by atoms with Crippen LogP contribution in [-0.4, -0.2) is 23.2 Å². The quantitative estimate of drug-likeness (QED) is 0.660. The maximum absolute atomic E-state index is 12.2. The first kappa shape index (κ1) is 16.7. The minimum Gasteiger partial charge on any atom is -0.497 e. The van der Waals surface area contributed by atoms with Crippen LogP contribution >= 0.6 is 0 Å². The van der Waals surface area contributed by atoms with Crippen LogP contribution in [-0.2, 0) is 11.3 Å². The molecule has 0 bridgehead atoms. The van der Waals surface area contributed by atoms with Crippen LogP contribution in [0.4, 0.5) is 0 Å². The van der Waals surface area contributed by atoms with Crippen molar-refractivity contribution >= 4 is 5.97 Å². The largest absolute Gasteiger partial charge is 0.497 e. The van der Waals surface area contributed by atoms with Crippen molar-refractivity contribution < 1.29 is 18.8 Å². The molecule has 3 rings (SSSR count). The predicted octanol–water partition coefficient (Wildman–Crippen LogP) is 3.72. The van der Waals surface area contributed by atoms with Gasteiger partial charge in [-0.25, -0.2) is 4.79 Å². The molecule has 1 aromatic heterocycles. The van der Waals surface area contributed by atoms with Gasteiger partial charge in [-0.05, 0) is 38.1 Å². The maximum Gasteiger partial charge on any atom is 0.338 e. The summed E-state index contributed by atoms with van der Waals surface area (Å²) in [5.41, 5.74) is 3.27. The predicted molar refractivity (Wildman–Crippen MR) is 91.3 cm³/mol. The van der Waals surface area contributed by atoms with Gasteiger partial charge in [0.05, 0.1) is 12.7 Å². The number of carbonyl (C=O) groups excluding carboxylic acids is 1. The fraction of sp³-hybridized carbons (Fsp3) is 0.211. The van der Waals surface area contributed by atoms with Gasteiger partial charge in [-0.3, -0.25) is 0 Å². The highest BCUT2D eigenvalue weighted by Gasteiger charge is 2.13. The second kappa shape index (κ2) is 7.17. The standard InChI is InChI=1S/C19H18N2O4/c1-12-7-13(2)9-15(8-12)19(22)24-11-17-20-18(21-25-17)14-5-4-6-16(10-14)23-3/h4-10H,11H2,1-3H3. The van der Waals surface area contributed by atoms with Gasteiger partial charge in [0.1, 0.15) is 5.75 Å². The Kier molecular flexibility index (Phi) is 4.79. The van der Waals surface area contributed by atoms with E-state index in [4.69, 9.17) is 14.0 Å². The van der Waals surface area contributed by atoms with E-state index in [9.17, 15) is 4.79 Å². The Morgan fingerprint density at radius 2 is 1.88 bits per heavy atom. The number of methoxy groups -OCH3 is 1. The SMILES string of the molecule is COc1cccc(-c2noc(COC(=O)c3cc(C)cc(C)c3)n2)c1. The molecule has 0 radical (unpaired) electrons. The first-order valence-electron chi connectivity index (χ1n) is 7.77. The highest BCUT2D eigenvalue weighted by atomic mass is 16.6. The van der Waals surface area contributed by atoms with Gasteiger partial charge in [0.2, 0.25) is 5.82 Å². The summed E-state index contributed by atoms with van der Waals surface area (Å²) in [6, 6.07) is 12.9. The summed E-state index contributed by atoms with van der Waals surface area (Å²) >= 11 is 0. The molecule has 0 aliphatic carbocycles. The number of aromatic nitrogens is 2. The Balaban J connectivity index is 1.68. The third-order valence-corrected chi connectivity index (χ3v) is 3.58. The number of ether oxygens (including phenoxy) is 2. The molecule has 0 spiro atoms. The molecule has 6 heteroatoms. The molecular weight excluding hydrogens is 320 g/mol. The van der Waals surface area contributed by atoms with E-state index in [-0.39, 0.29) is 12.5 Å². The van der Waals surface area contributed by atoms with Gasteiger partial charge in [-0.2, -0.15) is 4.98 Å². The van der Waals surface area contributed by atoms with E-state index in [1.165, 1.54) is 0 Å². The first-order valence-corrected chi connectivity index (χ1v) is 7.77. The molecule has 6 nitrogen and oxygen atoms in total. The Hall–Kier alpha value is -3.15. The molecule has 128 valence electrons. The fourth-order valence-electron chi connectivity index (χ4n) is 2.50. The third kappa shape index (κ3) is 4.03. The van der Waals surface area contributed by atoms with E-state index in [1.54, 1.807) is 25.3 Å². The van der Waals surface area contributed by atoms with Crippen LogP contribution < -0.4 is 4.74 Å². The van der Waals surface area contributed by atoms with Crippen molar-refractivity contribution in [3.05, 3.63) is 65.0 Å². The van der Waals surface area contributed by atoms with Crippen LogP contribution in [0.25, 0.3) is 11.4 Å². The van der Waals surface area contributed by atoms with E-state index >= 15 is 0 Å². The van der Waals surface area contributed by atoms with E-state index in [2.05, 4.69) is 10.1 Å². The average molecular weight is 338 g/mol.